The summed E-state index contributed by atoms with van der Waals surface area (Å²) in [6, 6.07) is 8.88. The minimum absolute atomic E-state index is 0.647. The van der Waals surface area contributed by atoms with Crippen LogP contribution in [0.15, 0.2) is 29.3 Å². The smallest absolute Gasteiger partial charge is 0.191 e. The lowest BCUT2D eigenvalue weighted by Gasteiger charge is -2.20. The van der Waals surface area contributed by atoms with E-state index in [2.05, 4.69) is 46.7 Å². The van der Waals surface area contributed by atoms with Crippen LogP contribution in [0.4, 0.5) is 0 Å². The number of nitrogens with one attached hydrogen (secondary N) is 2. The van der Waals surface area contributed by atoms with Crippen molar-refractivity contribution in [2.24, 2.45) is 4.99 Å². The summed E-state index contributed by atoms with van der Waals surface area (Å²) in [4.78, 5) is 7.35. The molecule has 1 aliphatic heterocycles. The average molecular weight is 405 g/mol. The van der Waals surface area contributed by atoms with E-state index in [0.29, 0.717) is 19.8 Å². The summed E-state index contributed by atoms with van der Waals surface area (Å²) in [5, 5.41) is 6.71. The molecule has 1 saturated heterocycles. The van der Waals surface area contributed by atoms with Crippen LogP contribution in [-0.4, -0.2) is 64.0 Å². The van der Waals surface area contributed by atoms with Gasteiger partial charge in [-0.25, -0.2) is 4.99 Å². The zero-order valence-corrected chi connectivity index (χ0v) is 18.4. The number of guanidine groups is 1. The highest BCUT2D eigenvalue weighted by atomic mass is 16.5. The summed E-state index contributed by atoms with van der Waals surface area (Å²) in [7, 11) is 1.69. The van der Waals surface area contributed by atoms with E-state index in [-0.39, 0.29) is 0 Å². The highest BCUT2D eigenvalue weighted by molar-refractivity contribution is 5.79. The molecule has 0 atom stereocenters. The summed E-state index contributed by atoms with van der Waals surface area (Å²) in [6.45, 7) is 10.0. The van der Waals surface area contributed by atoms with Gasteiger partial charge >= 0.3 is 0 Å². The number of hydrogen-bond acceptors (Lipinski definition) is 4. The lowest BCUT2D eigenvalue weighted by atomic mass is 10.1. The zero-order valence-electron chi connectivity index (χ0n) is 18.4. The summed E-state index contributed by atoms with van der Waals surface area (Å²) < 4.78 is 10.5. The van der Waals surface area contributed by atoms with Crippen LogP contribution < -0.4 is 10.6 Å². The summed E-state index contributed by atoms with van der Waals surface area (Å²) >= 11 is 0. The number of ether oxygens (including phenoxy) is 2. The van der Waals surface area contributed by atoms with Crippen LogP contribution in [0.3, 0.4) is 0 Å². The van der Waals surface area contributed by atoms with E-state index >= 15 is 0 Å². The minimum atomic E-state index is 0.647. The standard InChI is InChI=1S/C23H40N4O2/c1-3-24-23(25-12-9-15-29-17-16-28-2)26-19-21-10-8-11-22(18-21)20-27-13-6-4-5-7-14-27/h8,10-11,18H,3-7,9,12-17,19-20H2,1-2H3,(H2,24,25,26). The van der Waals surface area contributed by atoms with Gasteiger partial charge in [0, 0.05) is 33.4 Å². The number of methoxy groups -OCH3 is 1. The Hall–Kier alpha value is -1.63. The van der Waals surface area contributed by atoms with Crippen molar-refractivity contribution in [3.8, 4) is 0 Å². The fourth-order valence-corrected chi connectivity index (χ4v) is 3.52. The van der Waals surface area contributed by atoms with Crippen LogP contribution >= 0.6 is 0 Å². The second kappa shape index (κ2) is 15.2. The third kappa shape index (κ3) is 10.6. The van der Waals surface area contributed by atoms with Crippen molar-refractivity contribution in [2.75, 3.05) is 53.1 Å². The minimum Gasteiger partial charge on any atom is -0.382 e. The van der Waals surface area contributed by atoms with Crippen LogP contribution in [0, 0.1) is 0 Å². The molecule has 1 fully saturated rings. The Morgan fingerprint density at radius 2 is 1.83 bits per heavy atom. The third-order valence-electron chi connectivity index (χ3n) is 5.05. The van der Waals surface area contributed by atoms with E-state index in [4.69, 9.17) is 14.5 Å². The molecule has 1 heterocycles. The van der Waals surface area contributed by atoms with Gasteiger partial charge in [0.15, 0.2) is 5.96 Å². The number of aliphatic imine (C=N–C) groups is 1. The molecule has 0 unspecified atom stereocenters. The summed E-state index contributed by atoms with van der Waals surface area (Å²) in [5.74, 6) is 0.863. The van der Waals surface area contributed by atoms with Crippen molar-refractivity contribution in [1.82, 2.24) is 15.5 Å². The van der Waals surface area contributed by atoms with Gasteiger partial charge in [0.2, 0.25) is 0 Å². The van der Waals surface area contributed by atoms with Gasteiger partial charge < -0.3 is 20.1 Å². The van der Waals surface area contributed by atoms with Gasteiger partial charge in [-0.3, -0.25) is 4.90 Å². The fourth-order valence-electron chi connectivity index (χ4n) is 3.52. The molecule has 6 heteroatoms. The number of likely N-dealkylation sites (tertiary alicyclic amines) is 1. The topological polar surface area (TPSA) is 58.1 Å². The van der Waals surface area contributed by atoms with E-state index in [1.54, 1.807) is 7.11 Å². The SMILES string of the molecule is CCNC(=NCc1cccc(CN2CCCCCC2)c1)NCCCOCCOC. The van der Waals surface area contributed by atoms with Crippen molar-refractivity contribution in [3.63, 3.8) is 0 Å². The molecule has 0 spiro atoms. The van der Waals surface area contributed by atoms with Gasteiger partial charge in [-0.2, -0.15) is 0 Å². The maximum absolute atomic E-state index is 5.50. The first-order valence-corrected chi connectivity index (χ1v) is 11.2. The Morgan fingerprint density at radius 3 is 2.59 bits per heavy atom. The van der Waals surface area contributed by atoms with Crippen molar-refractivity contribution < 1.29 is 9.47 Å². The van der Waals surface area contributed by atoms with Crippen LogP contribution in [-0.2, 0) is 22.6 Å². The highest BCUT2D eigenvalue weighted by Gasteiger charge is 2.09. The van der Waals surface area contributed by atoms with E-state index in [1.165, 1.54) is 49.9 Å². The fraction of sp³-hybridized carbons (Fsp3) is 0.696. The maximum Gasteiger partial charge on any atom is 0.191 e. The molecule has 0 radical (unpaired) electrons. The van der Waals surface area contributed by atoms with Crippen LogP contribution in [0.1, 0.15) is 50.2 Å². The molecule has 1 aromatic rings. The first-order valence-electron chi connectivity index (χ1n) is 11.2. The highest BCUT2D eigenvalue weighted by Crippen LogP contribution is 2.14. The van der Waals surface area contributed by atoms with Crippen LogP contribution in [0.2, 0.25) is 0 Å². The van der Waals surface area contributed by atoms with Crippen molar-refractivity contribution >= 4 is 5.96 Å². The van der Waals surface area contributed by atoms with Crippen molar-refractivity contribution in [2.45, 2.75) is 52.1 Å². The molecule has 1 aromatic carbocycles. The molecule has 2 rings (SSSR count). The zero-order chi connectivity index (χ0) is 20.6. The van der Waals surface area contributed by atoms with E-state index in [0.717, 1.165) is 38.6 Å². The predicted molar refractivity (Wildman–Crippen MR) is 120 cm³/mol. The molecule has 29 heavy (non-hydrogen) atoms. The van der Waals surface area contributed by atoms with Gasteiger partial charge in [-0.15, -0.1) is 0 Å². The molecular formula is C23H40N4O2. The Bertz CT molecular complexity index is 572. The Kier molecular flexibility index (Phi) is 12.4. The summed E-state index contributed by atoms with van der Waals surface area (Å²) in [5.41, 5.74) is 2.66. The lowest BCUT2D eigenvalue weighted by Crippen LogP contribution is -2.38. The molecule has 0 saturated carbocycles. The van der Waals surface area contributed by atoms with Gasteiger partial charge in [0.25, 0.3) is 0 Å². The molecular weight excluding hydrogens is 364 g/mol. The first-order chi connectivity index (χ1) is 14.3. The quantitative estimate of drug-likeness (QED) is 0.318. The molecule has 0 aromatic heterocycles. The maximum atomic E-state index is 5.50. The Labute approximate surface area is 177 Å². The lowest BCUT2D eigenvalue weighted by molar-refractivity contribution is 0.0698. The second-order valence-corrected chi connectivity index (χ2v) is 7.59. The van der Waals surface area contributed by atoms with Crippen molar-refractivity contribution in [1.29, 1.82) is 0 Å². The molecule has 6 nitrogen and oxygen atoms in total. The number of rotatable bonds is 12. The second-order valence-electron chi connectivity index (χ2n) is 7.59. The van der Waals surface area contributed by atoms with Crippen LogP contribution in [0.25, 0.3) is 0 Å². The van der Waals surface area contributed by atoms with Gasteiger partial charge in [-0.05, 0) is 50.4 Å². The first kappa shape index (κ1) is 23.6. The summed E-state index contributed by atoms with van der Waals surface area (Å²) in [6.07, 6.45) is 6.37. The molecule has 0 aliphatic carbocycles. The number of nitrogens with zero attached hydrogens (tertiary/aromatic N) is 2. The van der Waals surface area contributed by atoms with Gasteiger partial charge in [0.1, 0.15) is 0 Å². The van der Waals surface area contributed by atoms with E-state index < -0.39 is 0 Å². The Balaban J connectivity index is 1.78. The molecule has 0 amide bonds. The van der Waals surface area contributed by atoms with E-state index in [1.807, 2.05) is 0 Å². The molecule has 1 aliphatic rings. The largest absolute Gasteiger partial charge is 0.382 e. The van der Waals surface area contributed by atoms with Crippen LogP contribution in [0.5, 0.6) is 0 Å². The normalized spacial score (nSPS) is 15.9. The third-order valence-corrected chi connectivity index (χ3v) is 5.05. The number of benzene rings is 1. The van der Waals surface area contributed by atoms with Gasteiger partial charge in [0.05, 0.1) is 19.8 Å². The average Bonchev–Trinajstić information content (AvgIpc) is 3.00. The Morgan fingerprint density at radius 1 is 1.03 bits per heavy atom. The monoisotopic (exact) mass is 404 g/mol. The van der Waals surface area contributed by atoms with Crippen molar-refractivity contribution in [3.05, 3.63) is 35.4 Å². The van der Waals surface area contributed by atoms with Gasteiger partial charge in [-0.1, -0.05) is 37.1 Å². The number of hydrogen-bond donors (Lipinski definition) is 2. The molecule has 164 valence electrons. The molecule has 0 bridgehead atoms. The molecule has 2 N–H and O–H groups in total. The van der Waals surface area contributed by atoms with E-state index in [9.17, 15) is 0 Å². The predicted octanol–water partition coefficient (Wildman–Crippen LogP) is 3.17.